The number of hydrogen-bond donors (Lipinski definition) is 1. The van der Waals surface area contributed by atoms with Crippen molar-refractivity contribution in [2.24, 2.45) is 5.73 Å². The van der Waals surface area contributed by atoms with Crippen LogP contribution < -0.4 is 5.73 Å². The zero-order valence-electron chi connectivity index (χ0n) is 10.3. The van der Waals surface area contributed by atoms with Gasteiger partial charge in [0.05, 0.1) is 0 Å². The topological polar surface area (TPSA) is 43.1 Å². The summed E-state index contributed by atoms with van der Waals surface area (Å²) in [4.78, 5) is 11.6. The van der Waals surface area contributed by atoms with Gasteiger partial charge in [-0.2, -0.15) is 0 Å². The van der Waals surface area contributed by atoms with E-state index in [1.165, 1.54) is 11.1 Å². The van der Waals surface area contributed by atoms with Gasteiger partial charge in [-0.3, -0.25) is 4.79 Å². The molecule has 0 aliphatic heterocycles. The van der Waals surface area contributed by atoms with E-state index < -0.39 is 0 Å². The molecule has 0 radical (unpaired) electrons. The molecule has 0 amide bonds. The molecule has 2 N–H and O–H groups in total. The third-order valence-electron chi connectivity index (χ3n) is 2.88. The highest BCUT2D eigenvalue weighted by molar-refractivity contribution is 5.80. The number of unbranched alkanes of at least 4 members (excludes halogenated alkanes) is 1. The molecule has 1 rings (SSSR count). The summed E-state index contributed by atoms with van der Waals surface area (Å²) < 4.78 is 0. The Morgan fingerprint density at radius 1 is 1.19 bits per heavy atom. The van der Waals surface area contributed by atoms with Gasteiger partial charge in [-0.1, -0.05) is 18.2 Å². The van der Waals surface area contributed by atoms with Crippen molar-refractivity contribution >= 4 is 5.78 Å². The molecule has 0 aromatic heterocycles. The van der Waals surface area contributed by atoms with Crippen LogP contribution in [0.15, 0.2) is 18.2 Å². The van der Waals surface area contributed by atoms with E-state index in [1.807, 2.05) is 6.07 Å². The Labute approximate surface area is 97.9 Å². The second-order valence-electron chi connectivity index (χ2n) is 4.38. The zero-order chi connectivity index (χ0) is 12.0. The van der Waals surface area contributed by atoms with E-state index in [-0.39, 0.29) is 0 Å². The van der Waals surface area contributed by atoms with Gasteiger partial charge in [-0.25, -0.2) is 0 Å². The van der Waals surface area contributed by atoms with Gasteiger partial charge in [-0.15, -0.1) is 0 Å². The minimum absolute atomic E-state index is 0.316. The van der Waals surface area contributed by atoms with E-state index in [0.29, 0.717) is 25.2 Å². The van der Waals surface area contributed by atoms with E-state index >= 15 is 0 Å². The van der Waals surface area contributed by atoms with Crippen LogP contribution in [0.4, 0.5) is 0 Å². The number of hydrogen-bond acceptors (Lipinski definition) is 2. The Morgan fingerprint density at radius 2 is 1.94 bits per heavy atom. The molecule has 2 nitrogen and oxygen atoms in total. The normalized spacial score (nSPS) is 10.4. The van der Waals surface area contributed by atoms with Crippen LogP contribution in [-0.4, -0.2) is 12.3 Å². The van der Waals surface area contributed by atoms with Gasteiger partial charge in [-0.05, 0) is 49.9 Å². The van der Waals surface area contributed by atoms with Crippen molar-refractivity contribution in [2.45, 2.75) is 39.5 Å². The summed E-state index contributed by atoms with van der Waals surface area (Å²) in [6.45, 7) is 4.84. The number of carbonyl (C=O) groups excluding carboxylic acids is 1. The third kappa shape index (κ3) is 4.15. The number of aryl methyl sites for hydroxylation is 2. The molecule has 2 heteroatoms. The van der Waals surface area contributed by atoms with Crippen molar-refractivity contribution in [1.29, 1.82) is 0 Å². The zero-order valence-corrected chi connectivity index (χ0v) is 10.3. The first kappa shape index (κ1) is 12.9. The molecule has 1 aromatic rings. The van der Waals surface area contributed by atoms with E-state index in [2.05, 4.69) is 26.0 Å². The Bertz CT molecular complexity index is 358. The molecule has 0 aliphatic rings. The van der Waals surface area contributed by atoms with Crippen LogP contribution in [-0.2, 0) is 11.2 Å². The summed E-state index contributed by atoms with van der Waals surface area (Å²) in [5, 5.41) is 0. The van der Waals surface area contributed by atoms with Crippen LogP contribution in [0.2, 0.25) is 0 Å². The van der Waals surface area contributed by atoms with Crippen LogP contribution in [0.5, 0.6) is 0 Å². The second kappa shape index (κ2) is 6.44. The number of nitrogens with two attached hydrogens (primary N) is 1. The standard InChI is InChI=1S/C14H21NO/c1-11-6-7-13(9-12(11)2)10-14(16)5-3-4-8-15/h6-7,9H,3-5,8,10,15H2,1-2H3. The molecule has 1 aromatic carbocycles. The summed E-state index contributed by atoms with van der Waals surface area (Å²) in [6, 6.07) is 6.23. The first-order chi connectivity index (χ1) is 7.63. The smallest absolute Gasteiger partial charge is 0.137 e. The first-order valence-corrected chi connectivity index (χ1v) is 5.91. The first-order valence-electron chi connectivity index (χ1n) is 5.91. The molecule has 88 valence electrons. The van der Waals surface area contributed by atoms with Crippen molar-refractivity contribution in [3.8, 4) is 0 Å². The third-order valence-corrected chi connectivity index (χ3v) is 2.88. The van der Waals surface area contributed by atoms with Crippen molar-refractivity contribution < 1.29 is 4.79 Å². The Kier molecular flexibility index (Phi) is 5.20. The average Bonchev–Trinajstić information content (AvgIpc) is 2.24. The second-order valence-corrected chi connectivity index (χ2v) is 4.38. The van der Waals surface area contributed by atoms with E-state index in [0.717, 1.165) is 18.4 Å². The monoisotopic (exact) mass is 219 g/mol. The Morgan fingerprint density at radius 3 is 2.56 bits per heavy atom. The van der Waals surface area contributed by atoms with E-state index in [9.17, 15) is 4.79 Å². The lowest BCUT2D eigenvalue weighted by atomic mass is 10.0. The van der Waals surface area contributed by atoms with E-state index in [4.69, 9.17) is 5.73 Å². The number of carbonyl (C=O) groups is 1. The number of Topliss-reactive ketones (excluding diaryl/α,β-unsaturated/α-hetero) is 1. The summed E-state index contributed by atoms with van der Waals surface area (Å²) in [5.74, 6) is 0.316. The van der Waals surface area contributed by atoms with Crippen molar-refractivity contribution in [1.82, 2.24) is 0 Å². The maximum atomic E-state index is 11.6. The fourth-order valence-electron chi connectivity index (χ4n) is 1.70. The highest BCUT2D eigenvalue weighted by Crippen LogP contribution is 2.11. The molecule has 0 heterocycles. The van der Waals surface area contributed by atoms with Crippen molar-refractivity contribution in [3.05, 3.63) is 34.9 Å². The summed E-state index contributed by atoms with van der Waals surface area (Å²) in [7, 11) is 0. The summed E-state index contributed by atoms with van der Waals surface area (Å²) in [5.41, 5.74) is 9.05. The SMILES string of the molecule is Cc1ccc(CC(=O)CCCCN)cc1C. The lowest BCUT2D eigenvalue weighted by molar-refractivity contribution is -0.118. The maximum absolute atomic E-state index is 11.6. The minimum atomic E-state index is 0.316. The van der Waals surface area contributed by atoms with Crippen molar-refractivity contribution in [3.63, 3.8) is 0 Å². The number of benzene rings is 1. The molecule has 0 bridgehead atoms. The van der Waals surface area contributed by atoms with Crippen LogP contribution in [0.1, 0.15) is 36.0 Å². The lowest BCUT2D eigenvalue weighted by Gasteiger charge is -2.04. The number of ketones is 1. The minimum Gasteiger partial charge on any atom is -0.330 e. The maximum Gasteiger partial charge on any atom is 0.137 e. The molecule has 0 saturated heterocycles. The lowest BCUT2D eigenvalue weighted by Crippen LogP contribution is -2.05. The fraction of sp³-hybridized carbons (Fsp3) is 0.500. The van der Waals surface area contributed by atoms with Gasteiger partial charge in [0, 0.05) is 12.8 Å². The van der Waals surface area contributed by atoms with E-state index in [1.54, 1.807) is 0 Å². The van der Waals surface area contributed by atoms with Crippen molar-refractivity contribution in [2.75, 3.05) is 6.54 Å². The Hall–Kier alpha value is -1.15. The van der Waals surface area contributed by atoms with Gasteiger partial charge in [0.25, 0.3) is 0 Å². The van der Waals surface area contributed by atoms with Crippen LogP contribution in [0, 0.1) is 13.8 Å². The fourth-order valence-corrected chi connectivity index (χ4v) is 1.70. The summed E-state index contributed by atoms with van der Waals surface area (Å²) in [6.07, 6.45) is 3.08. The molecule has 0 unspecified atom stereocenters. The van der Waals surface area contributed by atoms with Gasteiger partial charge in [0.1, 0.15) is 5.78 Å². The average molecular weight is 219 g/mol. The quantitative estimate of drug-likeness (QED) is 0.747. The van der Waals surface area contributed by atoms with Crippen LogP contribution in [0.25, 0.3) is 0 Å². The predicted octanol–water partition coefficient (Wildman–Crippen LogP) is 2.54. The molecule has 0 atom stereocenters. The van der Waals surface area contributed by atoms with Crippen LogP contribution >= 0.6 is 0 Å². The van der Waals surface area contributed by atoms with Gasteiger partial charge in [0.2, 0.25) is 0 Å². The van der Waals surface area contributed by atoms with Gasteiger partial charge >= 0.3 is 0 Å². The molecule has 0 saturated carbocycles. The Balaban J connectivity index is 2.46. The molecule has 0 aliphatic carbocycles. The van der Waals surface area contributed by atoms with Gasteiger partial charge in [0.15, 0.2) is 0 Å². The van der Waals surface area contributed by atoms with Crippen LogP contribution in [0.3, 0.4) is 0 Å². The predicted molar refractivity (Wildman–Crippen MR) is 67.5 cm³/mol. The summed E-state index contributed by atoms with van der Waals surface area (Å²) >= 11 is 0. The molecule has 0 spiro atoms. The molecular formula is C14H21NO. The molecule has 0 fully saturated rings. The highest BCUT2D eigenvalue weighted by Gasteiger charge is 2.04. The molecule has 16 heavy (non-hydrogen) atoms. The number of rotatable bonds is 6. The largest absolute Gasteiger partial charge is 0.330 e. The molecular weight excluding hydrogens is 198 g/mol. The van der Waals surface area contributed by atoms with Gasteiger partial charge < -0.3 is 5.73 Å². The highest BCUT2D eigenvalue weighted by atomic mass is 16.1.